The van der Waals surface area contributed by atoms with E-state index in [0.29, 0.717) is 5.92 Å². The largest absolute Gasteiger partial charge is 0.396 e. The molecule has 17 heavy (non-hydrogen) atoms. The first kappa shape index (κ1) is 11.5. The topological polar surface area (TPSA) is 49.3 Å². The van der Waals surface area contributed by atoms with Crippen molar-refractivity contribution < 1.29 is 9.90 Å². The number of amides is 1. The minimum absolute atomic E-state index is 0.223. The molecule has 0 aliphatic heterocycles. The maximum Gasteiger partial charge on any atom is 0.223 e. The van der Waals surface area contributed by atoms with Crippen LogP contribution in [0.4, 0.5) is 0 Å². The van der Waals surface area contributed by atoms with E-state index < -0.39 is 0 Å². The molecule has 0 aromatic rings. The van der Waals surface area contributed by atoms with Crippen molar-refractivity contribution in [3.63, 3.8) is 0 Å². The SMILES string of the molecule is O=C(NC1CCCCC1CO)C1CC2CC2C1. The maximum atomic E-state index is 12.1. The molecule has 3 fully saturated rings. The Morgan fingerprint density at radius 3 is 2.53 bits per heavy atom. The van der Waals surface area contributed by atoms with Crippen molar-refractivity contribution in [2.45, 2.75) is 51.0 Å². The average Bonchev–Trinajstić information content (AvgIpc) is 2.96. The molecular weight excluding hydrogens is 214 g/mol. The number of fused-ring (bicyclic) bond motifs is 1. The van der Waals surface area contributed by atoms with Gasteiger partial charge in [0, 0.05) is 24.5 Å². The first-order chi connectivity index (χ1) is 8.28. The van der Waals surface area contributed by atoms with Crippen LogP contribution in [0.2, 0.25) is 0 Å². The standard InChI is InChI=1S/C14H23NO2/c16-8-9-3-1-2-4-13(9)15-14(17)12-6-10-5-11(10)7-12/h9-13,16H,1-8H2,(H,15,17). The molecule has 3 aliphatic rings. The van der Waals surface area contributed by atoms with E-state index in [0.717, 1.165) is 37.5 Å². The number of aliphatic hydroxyl groups is 1. The highest BCUT2D eigenvalue weighted by Gasteiger charge is 2.48. The maximum absolute atomic E-state index is 12.1. The summed E-state index contributed by atoms with van der Waals surface area (Å²) in [6.45, 7) is 0.223. The number of carbonyl (C=O) groups is 1. The van der Waals surface area contributed by atoms with Gasteiger partial charge in [-0.3, -0.25) is 4.79 Å². The van der Waals surface area contributed by atoms with Gasteiger partial charge in [-0.05, 0) is 43.9 Å². The van der Waals surface area contributed by atoms with Crippen LogP contribution in [0, 0.1) is 23.7 Å². The van der Waals surface area contributed by atoms with Crippen LogP contribution in [0.3, 0.4) is 0 Å². The van der Waals surface area contributed by atoms with Crippen molar-refractivity contribution in [1.29, 1.82) is 0 Å². The van der Waals surface area contributed by atoms with Crippen LogP contribution in [0.1, 0.15) is 44.9 Å². The molecule has 96 valence electrons. The lowest BCUT2D eigenvalue weighted by atomic mass is 9.84. The van der Waals surface area contributed by atoms with Crippen molar-refractivity contribution in [3.05, 3.63) is 0 Å². The van der Waals surface area contributed by atoms with E-state index in [1.165, 1.54) is 19.3 Å². The number of nitrogens with one attached hydrogen (secondary N) is 1. The fourth-order valence-electron chi connectivity index (χ4n) is 3.85. The van der Waals surface area contributed by atoms with Crippen molar-refractivity contribution in [3.8, 4) is 0 Å². The predicted molar refractivity (Wildman–Crippen MR) is 65.3 cm³/mol. The smallest absolute Gasteiger partial charge is 0.223 e. The van der Waals surface area contributed by atoms with E-state index in [-0.39, 0.29) is 24.5 Å². The van der Waals surface area contributed by atoms with Crippen molar-refractivity contribution in [1.82, 2.24) is 5.32 Å². The van der Waals surface area contributed by atoms with Gasteiger partial charge in [-0.15, -0.1) is 0 Å². The van der Waals surface area contributed by atoms with E-state index in [9.17, 15) is 9.90 Å². The first-order valence-electron chi connectivity index (χ1n) is 7.19. The van der Waals surface area contributed by atoms with E-state index >= 15 is 0 Å². The Hall–Kier alpha value is -0.570. The molecule has 0 saturated heterocycles. The first-order valence-corrected chi connectivity index (χ1v) is 7.19. The highest BCUT2D eigenvalue weighted by atomic mass is 16.3. The van der Waals surface area contributed by atoms with Crippen LogP contribution >= 0.6 is 0 Å². The Kier molecular flexibility index (Phi) is 3.12. The molecule has 3 heteroatoms. The molecule has 0 aromatic heterocycles. The summed E-state index contributed by atoms with van der Waals surface area (Å²) >= 11 is 0. The van der Waals surface area contributed by atoms with Crippen molar-refractivity contribution >= 4 is 5.91 Å². The molecule has 0 spiro atoms. The van der Waals surface area contributed by atoms with Gasteiger partial charge in [0.05, 0.1) is 0 Å². The van der Waals surface area contributed by atoms with E-state index in [1.54, 1.807) is 0 Å². The second-order valence-electron chi connectivity index (χ2n) is 6.27. The molecule has 1 amide bonds. The normalized spacial score (nSPS) is 44.2. The lowest BCUT2D eigenvalue weighted by Gasteiger charge is -2.31. The van der Waals surface area contributed by atoms with Gasteiger partial charge in [0.1, 0.15) is 0 Å². The number of carbonyl (C=O) groups excluding carboxylic acids is 1. The minimum atomic E-state index is 0.223. The van der Waals surface area contributed by atoms with E-state index in [4.69, 9.17) is 0 Å². The van der Waals surface area contributed by atoms with Crippen LogP contribution in [-0.2, 0) is 4.79 Å². The van der Waals surface area contributed by atoms with E-state index in [1.807, 2.05) is 0 Å². The van der Waals surface area contributed by atoms with Crippen molar-refractivity contribution in [2.75, 3.05) is 6.61 Å². The van der Waals surface area contributed by atoms with Crippen LogP contribution in [0.25, 0.3) is 0 Å². The summed E-state index contributed by atoms with van der Waals surface area (Å²) < 4.78 is 0. The van der Waals surface area contributed by atoms with Gasteiger partial charge in [0.2, 0.25) is 5.91 Å². The summed E-state index contributed by atoms with van der Waals surface area (Å²) in [4.78, 5) is 12.1. The van der Waals surface area contributed by atoms with Crippen LogP contribution < -0.4 is 5.32 Å². The Balaban J connectivity index is 1.52. The molecule has 0 bridgehead atoms. The van der Waals surface area contributed by atoms with Gasteiger partial charge in [0.25, 0.3) is 0 Å². The Morgan fingerprint density at radius 1 is 1.12 bits per heavy atom. The predicted octanol–water partition coefficient (Wildman–Crippen LogP) is 1.70. The third kappa shape index (κ3) is 2.35. The summed E-state index contributed by atoms with van der Waals surface area (Å²) in [6, 6.07) is 0.234. The molecule has 0 heterocycles. The van der Waals surface area contributed by atoms with Gasteiger partial charge in [-0.25, -0.2) is 0 Å². The van der Waals surface area contributed by atoms with Crippen LogP contribution in [-0.4, -0.2) is 23.7 Å². The lowest BCUT2D eigenvalue weighted by molar-refractivity contribution is -0.126. The number of hydrogen-bond donors (Lipinski definition) is 2. The average molecular weight is 237 g/mol. The second-order valence-corrected chi connectivity index (χ2v) is 6.27. The van der Waals surface area contributed by atoms with Gasteiger partial charge in [0.15, 0.2) is 0 Å². The summed E-state index contributed by atoms with van der Waals surface area (Å²) in [5, 5.41) is 12.5. The van der Waals surface area contributed by atoms with Gasteiger partial charge < -0.3 is 10.4 Å². The Morgan fingerprint density at radius 2 is 1.82 bits per heavy atom. The lowest BCUT2D eigenvalue weighted by Crippen LogP contribution is -2.45. The Labute approximate surface area is 103 Å². The zero-order valence-electron chi connectivity index (χ0n) is 10.4. The number of rotatable bonds is 3. The van der Waals surface area contributed by atoms with Crippen LogP contribution in [0.5, 0.6) is 0 Å². The van der Waals surface area contributed by atoms with Crippen LogP contribution in [0.15, 0.2) is 0 Å². The summed E-state index contributed by atoms with van der Waals surface area (Å²) in [5.41, 5.74) is 0. The van der Waals surface area contributed by atoms with Gasteiger partial charge >= 0.3 is 0 Å². The van der Waals surface area contributed by atoms with Gasteiger partial charge in [-0.2, -0.15) is 0 Å². The molecular formula is C14H23NO2. The number of hydrogen-bond acceptors (Lipinski definition) is 2. The molecule has 3 nitrogen and oxygen atoms in total. The minimum Gasteiger partial charge on any atom is -0.396 e. The molecule has 3 rings (SSSR count). The second kappa shape index (κ2) is 4.60. The molecule has 3 saturated carbocycles. The fourth-order valence-corrected chi connectivity index (χ4v) is 3.85. The highest BCUT2D eigenvalue weighted by molar-refractivity contribution is 5.79. The molecule has 3 aliphatic carbocycles. The summed E-state index contributed by atoms with van der Waals surface area (Å²) in [5.74, 6) is 2.57. The third-order valence-electron chi connectivity index (χ3n) is 5.09. The molecule has 4 unspecified atom stereocenters. The zero-order valence-corrected chi connectivity index (χ0v) is 10.4. The summed E-state index contributed by atoms with van der Waals surface area (Å²) in [7, 11) is 0. The molecule has 0 radical (unpaired) electrons. The quantitative estimate of drug-likeness (QED) is 0.785. The highest BCUT2D eigenvalue weighted by Crippen LogP contribution is 2.54. The number of aliphatic hydroxyl groups excluding tert-OH is 1. The van der Waals surface area contributed by atoms with Crippen molar-refractivity contribution in [2.24, 2.45) is 23.7 Å². The summed E-state index contributed by atoms with van der Waals surface area (Å²) in [6.07, 6.45) is 8.11. The molecule has 0 aromatic carbocycles. The van der Waals surface area contributed by atoms with Gasteiger partial charge in [-0.1, -0.05) is 12.8 Å². The molecule has 2 N–H and O–H groups in total. The third-order valence-corrected chi connectivity index (χ3v) is 5.09. The molecule has 4 atom stereocenters. The monoisotopic (exact) mass is 237 g/mol. The Bertz CT molecular complexity index is 295. The van der Waals surface area contributed by atoms with E-state index in [2.05, 4.69) is 5.32 Å². The zero-order chi connectivity index (χ0) is 11.8. The fraction of sp³-hybridized carbons (Fsp3) is 0.929.